The maximum atomic E-state index is 10.6. The van der Waals surface area contributed by atoms with Crippen LogP contribution in [0, 0.1) is 10.1 Å². The van der Waals surface area contributed by atoms with Crippen LogP contribution >= 0.6 is 24.0 Å². The van der Waals surface area contributed by atoms with Gasteiger partial charge in [0.15, 0.2) is 0 Å². The van der Waals surface area contributed by atoms with Gasteiger partial charge in [0.2, 0.25) is 0 Å². The Morgan fingerprint density at radius 1 is 1.40 bits per heavy atom. The van der Waals surface area contributed by atoms with E-state index in [0.29, 0.717) is 13.2 Å². The summed E-state index contributed by atoms with van der Waals surface area (Å²) in [5, 5.41) is 10.8. The number of thiocarbonyl (C=S) groups is 1. The minimum Gasteiger partial charge on any atom is -0.378 e. The average Bonchev–Trinajstić information content (AvgIpc) is 2.48. The smallest absolute Gasteiger partial charge is 0.269 e. The van der Waals surface area contributed by atoms with E-state index in [-0.39, 0.29) is 15.9 Å². The normalized spacial score (nSPS) is 16.8. The molecular formula is C13H16N2O3S2. The van der Waals surface area contributed by atoms with Gasteiger partial charge in [-0.25, -0.2) is 0 Å². The quantitative estimate of drug-likeness (QED) is 0.486. The van der Waals surface area contributed by atoms with Gasteiger partial charge in [-0.05, 0) is 12.5 Å². The molecule has 1 aromatic carbocycles. The van der Waals surface area contributed by atoms with Crippen LogP contribution in [0.5, 0.6) is 0 Å². The molecule has 1 heterocycles. The zero-order valence-electron chi connectivity index (χ0n) is 11.2. The molecule has 0 saturated carbocycles. The van der Waals surface area contributed by atoms with Crippen molar-refractivity contribution in [2.24, 2.45) is 0 Å². The summed E-state index contributed by atoms with van der Waals surface area (Å²) >= 11 is 7.05. The molecule has 0 aromatic heterocycles. The van der Waals surface area contributed by atoms with Gasteiger partial charge in [-0.15, -0.1) is 0 Å². The lowest BCUT2D eigenvalue weighted by Crippen LogP contribution is -2.38. The molecule has 7 heteroatoms. The second-order valence-electron chi connectivity index (χ2n) is 4.47. The van der Waals surface area contributed by atoms with Crippen LogP contribution in [-0.2, 0) is 4.74 Å². The van der Waals surface area contributed by atoms with Gasteiger partial charge in [-0.1, -0.05) is 36.1 Å². The second-order valence-corrected chi connectivity index (χ2v) is 6.45. The van der Waals surface area contributed by atoms with E-state index in [4.69, 9.17) is 17.0 Å². The molecule has 0 aliphatic carbocycles. The Balaban J connectivity index is 1.94. The van der Waals surface area contributed by atoms with Gasteiger partial charge < -0.3 is 9.64 Å². The van der Waals surface area contributed by atoms with Gasteiger partial charge >= 0.3 is 0 Å². The van der Waals surface area contributed by atoms with E-state index in [1.807, 2.05) is 0 Å². The van der Waals surface area contributed by atoms with Crippen LogP contribution in [0.2, 0.25) is 0 Å². The van der Waals surface area contributed by atoms with Crippen LogP contribution in [0.1, 0.15) is 17.7 Å². The topological polar surface area (TPSA) is 55.6 Å². The number of hydrogen-bond donors (Lipinski definition) is 0. The van der Waals surface area contributed by atoms with Crippen molar-refractivity contribution in [1.29, 1.82) is 0 Å². The van der Waals surface area contributed by atoms with Gasteiger partial charge in [-0.3, -0.25) is 10.1 Å². The lowest BCUT2D eigenvalue weighted by molar-refractivity contribution is -0.384. The molecule has 1 atom stereocenters. The Morgan fingerprint density at radius 3 is 2.55 bits per heavy atom. The van der Waals surface area contributed by atoms with E-state index in [0.717, 1.165) is 23.0 Å². The molecule has 1 aliphatic heterocycles. The summed E-state index contributed by atoms with van der Waals surface area (Å²) in [4.78, 5) is 12.4. The van der Waals surface area contributed by atoms with Crippen LogP contribution in [0.15, 0.2) is 24.3 Å². The number of nitro groups is 1. The fourth-order valence-corrected chi connectivity index (χ4v) is 3.45. The summed E-state index contributed by atoms with van der Waals surface area (Å²) in [6, 6.07) is 6.64. The van der Waals surface area contributed by atoms with E-state index >= 15 is 0 Å². The van der Waals surface area contributed by atoms with Crippen molar-refractivity contribution in [1.82, 2.24) is 4.90 Å². The molecule has 0 spiro atoms. The number of ether oxygens (including phenoxy) is 1. The number of nitrogens with zero attached hydrogens (tertiary/aromatic N) is 2. The molecule has 1 unspecified atom stereocenters. The Hall–Kier alpha value is -1.18. The number of non-ortho nitro benzene ring substituents is 1. The molecule has 0 N–H and O–H groups in total. The summed E-state index contributed by atoms with van der Waals surface area (Å²) in [5.41, 5.74) is 1.15. The van der Waals surface area contributed by atoms with Crippen LogP contribution in [-0.4, -0.2) is 40.4 Å². The molecule has 5 nitrogen and oxygen atoms in total. The lowest BCUT2D eigenvalue weighted by atomic mass is 10.1. The maximum absolute atomic E-state index is 10.6. The van der Waals surface area contributed by atoms with E-state index in [1.54, 1.807) is 23.9 Å². The first-order valence-corrected chi connectivity index (χ1v) is 7.64. The first-order valence-electron chi connectivity index (χ1n) is 6.35. The molecule has 0 radical (unpaired) electrons. The highest BCUT2D eigenvalue weighted by Gasteiger charge is 2.18. The molecule has 0 amide bonds. The fraction of sp³-hybridized carbons (Fsp3) is 0.462. The van der Waals surface area contributed by atoms with E-state index < -0.39 is 0 Å². The minimum absolute atomic E-state index is 0.113. The summed E-state index contributed by atoms with van der Waals surface area (Å²) < 4.78 is 6.16. The van der Waals surface area contributed by atoms with E-state index in [1.165, 1.54) is 12.1 Å². The third-order valence-corrected chi connectivity index (χ3v) is 4.75. The molecular weight excluding hydrogens is 296 g/mol. The van der Waals surface area contributed by atoms with Crippen molar-refractivity contribution in [3.05, 3.63) is 39.9 Å². The Kier molecular flexibility index (Phi) is 5.33. The summed E-state index contributed by atoms with van der Waals surface area (Å²) in [5.74, 6) is 0. The van der Waals surface area contributed by atoms with Crippen molar-refractivity contribution in [3.8, 4) is 0 Å². The number of benzene rings is 1. The van der Waals surface area contributed by atoms with Gasteiger partial charge in [0.05, 0.1) is 18.1 Å². The van der Waals surface area contributed by atoms with E-state index in [9.17, 15) is 10.1 Å². The minimum atomic E-state index is -0.389. The monoisotopic (exact) mass is 312 g/mol. The van der Waals surface area contributed by atoms with Crippen LogP contribution in [0.4, 0.5) is 5.69 Å². The third-order valence-electron chi connectivity index (χ3n) is 3.12. The van der Waals surface area contributed by atoms with Crippen LogP contribution in [0.3, 0.4) is 0 Å². The van der Waals surface area contributed by atoms with Gasteiger partial charge in [0.25, 0.3) is 5.69 Å². The maximum Gasteiger partial charge on any atom is 0.269 e. The predicted octanol–water partition coefficient (Wildman–Crippen LogP) is 3.01. The first-order chi connectivity index (χ1) is 9.58. The van der Waals surface area contributed by atoms with Crippen molar-refractivity contribution in [2.45, 2.75) is 12.2 Å². The molecule has 20 heavy (non-hydrogen) atoms. The highest BCUT2D eigenvalue weighted by atomic mass is 32.2. The fourth-order valence-electron chi connectivity index (χ4n) is 1.91. The number of morpholine rings is 1. The standard InChI is InChI=1S/C13H16N2O3S2/c1-10(11-2-4-12(5-3-11)15(16)17)20-13(19)14-6-8-18-9-7-14/h2-5,10H,6-9H2,1H3. The van der Waals surface area contributed by atoms with Crippen molar-refractivity contribution < 1.29 is 9.66 Å². The van der Waals surface area contributed by atoms with Gasteiger partial charge in [-0.2, -0.15) is 0 Å². The molecule has 1 saturated heterocycles. The Labute approximate surface area is 127 Å². The van der Waals surface area contributed by atoms with Crippen molar-refractivity contribution >= 4 is 34.0 Å². The summed E-state index contributed by atoms with van der Waals surface area (Å²) in [6.45, 7) is 5.15. The first kappa shape index (κ1) is 15.2. The molecule has 1 aromatic rings. The highest BCUT2D eigenvalue weighted by molar-refractivity contribution is 8.23. The van der Waals surface area contributed by atoms with Crippen LogP contribution < -0.4 is 0 Å². The zero-order chi connectivity index (χ0) is 14.5. The van der Waals surface area contributed by atoms with Crippen molar-refractivity contribution in [3.63, 3.8) is 0 Å². The zero-order valence-corrected chi connectivity index (χ0v) is 12.8. The number of nitro benzene ring substituents is 1. The largest absolute Gasteiger partial charge is 0.378 e. The SMILES string of the molecule is CC(SC(=S)N1CCOCC1)c1ccc([N+](=O)[O-])cc1. The van der Waals surface area contributed by atoms with Gasteiger partial charge in [0, 0.05) is 30.5 Å². The summed E-state index contributed by atoms with van der Waals surface area (Å²) in [6.07, 6.45) is 0. The lowest BCUT2D eigenvalue weighted by Gasteiger charge is -2.29. The van der Waals surface area contributed by atoms with E-state index in [2.05, 4.69) is 11.8 Å². The number of hydrogen-bond acceptors (Lipinski definition) is 5. The predicted molar refractivity (Wildman–Crippen MR) is 84.1 cm³/mol. The van der Waals surface area contributed by atoms with Crippen molar-refractivity contribution in [2.75, 3.05) is 26.3 Å². The third kappa shape index (κ3) is 3.91. The Bertz CT molecular complexity index is 487. The number of rotatable bonds is 3. The number of thioether (sulfide) groups is 1. The molecule has 108 valence electrons. The van der Waals surface area contributed by atoms with Crippen LogP contribution in [0.25, 0.3) is 0 Å². The highest BCUT2D eigenvalue weighted by Crippen LogP contribution is 2.31. The summed E-state index contributed by atoms with van der Waals surface area (Å²) in [7, 11) is 0. The average molecular weight is 312 g/mol. The molecule has 1 fully saturated rings. The Morgan fingerprint density at radius 2 is 2.00 bits per heavy atom. The second kappa shape index (κ2) is 7.01. The van der Waals surface area contributed by atoms with Gasteiger partial charge in [0.1, 0.15) is 4.32 Å². The molecule has 2 rings (SSSR count). The molecule has 1 aliphatic rings. The molecule has 0 bridgehead atoms.